The van der Waals surface area contributed by atoms with Crippen molar-refractivity contribution < 1.29 is 43.0 Å². The fourth-order valence-electron chi connectivity index (χ4n) is 5.97. The molecule has 1 aromatic carbocycles. The lowest BCUT2D eigenvalue weighted by Crippen LogP contribution is -2.60. The molecule has 2 aromatic rings. The van der Waals surface area contributed by atoms with Crippen LogP contribution in [0.4, 0.5) is 9.80 Å². The third-order valence-corrected chi connectivity index (χ3v) is 10.3. The number of carbonyl (C=O) groups excluding carboxylic acids is 7. The van der Waals surface area contributed by atoms with Gasteiger partial charge in [0.1, 0.15) is 28.7 Å². The second-order valence-electron chi connectivity index (χ2n) is 15.9. The summed E-state index contributed by atoms with van der Waals surface area (Å²) in [5.41, 5.74) is 1.46. The molecule has 1 heterocycles. The van der Waals surface area contributed by atoms with Gasteiger partial charge in [-0.1, -0.05) is 72.7 Å². The van der Waals surface area contributed by atoms with Crippen LogP contribution in [-0.4, -0.2) is 85.5 Å². The van der Waals surface area contributed by atoms with E-state index in [0.717, 1.165) is 22.5 Å². The van der Waals surface area contributed by atoms with E-state index in [4.69, 9.17) is 9.47 Å². The number of hydrogen-bond acceptors (Lipinski definition) is 10. The lowest BCUT2D eigenvalue weighted by atomic mass is 9.92. The number of hydrogen-bond donors (Lipinski definition) is 6. The highest BCUT2D eigenvalue weighted by atomic mass is 32.1. The highest BCUT2D eigenvalue weighted by molar-refractivity contribution is 7.18. The summed E-state index contributed by atoms with van der Waals surface area (Å²) in [5, 5.41) is 16.6. The van der Waals surface area contributed by atoms with Crippen LogP contribution in [0.25, 0.3) is 0 Å². The molecule has 0 aliphatic heterocycles. The standard InChI is InChI=1S/C41H62N6O9S/c1-14-26(27-18-16-15-17-24(27)8)33(48)47-38-28(39(53)55-13)25(9)32(57-38)37(52)43-20-19-42-34(49)29(21(2)3)44-35(50)30(22(4)5)45-36(51)31(23(6)7)46-40(54)56-41(10,11)12/h15-18,21-23,26,29-31H,14,19-20H2,1-13H3,(H,42,49)(H,43,52)(H,44,50)(H,45,51)(H,46,54)(H,47,48)/t26?,29-,30-,31-/m0/s1. The third kappa shape index (κ3) is 13.9. The Morgan fingerprint density at radius 3 is 1.72 bits per heavy atom. The van der Waals surface area contributed by atoms with Crippen molar-refractivity contribution in [3.05, 3.63) is 51.4 Å². The van der Waals surface area contributed by atoms with Gasteiger partial charge in [-0.3, -0.25) is 24.0 Å². The molecule has 15 nitrogen and oxygen atoms in total. The summed E-state index contributed by atoms with van der Waals surface area (Å²) >= 11 is 0.954. The minimum absolute atomic E-state index is 0.00684. The quantitative estimate of drug-likeness (QED) is 0.0886. The van der Waals surface area contributed by atoms with Crippen LogP contribution in [0.15, 0.2) is 24.3 Å². The van der Waals surface area contributed by atoms with E-state index in [-0.39, 0.29) is 52.2 Å². The molecule has 0 aliphatic carbocycles. The summed E-state index contributed by atoms with van der Waals surface area (Å²) in [6, 6.07) is 4.58. The number of anilines is 1. The van der Waals surface area contributed by atoms with Gasteiger partial charge in [0, 0.05) is 13.1 Å². The molecule has 0 radical (unpaired) electrons. The van der Waals surface area contributed by atoms with Crippen LogP contribution in [0.1, 0.15) is 118 Å². The summed E-state index contributed by atoms with van der Waals surface area (Å²) in [6.45, 7) is 21.1. The van der Waals surface area contributed by atoms with Gasteiger partial charge >= 0.3 is 12.1 Å². The first kappa shape index (κ1) is 48.2. The Morgan fingerprint density at radius 1 is 0.719 bits per heavy atom. The minimum Gasteiger partial charge on any atom is -0.465 e. The molecule has 0 saturated carbocycles. The molecule has 0 saturated heterocycles. The Balaban J connectivity index is 2.10. The van der Waals surface area contributed by atoms with E-state index in [1.54, 1.807) is 69.2 Å². The average Bonchev–Trinajstić information content (AvgIpc) is 3.44. The molecule has 6 amide bonds. The number of carbonyl (C=O) groups is 7. The summed E-state index contributed by atoms with van der Waals surface area (Å²) in [7, 11) is 1.22. The maximum absolute atomic E-state index is 13.5. The molecule has 57 heavy (non-hydrogen) atoms. The van der Waals surface area contributed by atoms with Crippen LogP contribution in [0.3, 0.4) is 0 Å². The Kier molecular flexibility index (Phi) is 18.2. The first-order valence-electron chi connectivity index (χ1n) is 19.3. The Bertz CT molecular complexity index is 1760. The molecule has 1 unspecified atom stereocenters. The van der Waals surface area contributed by atoms with E-state index >= 15 is 0 Å². The fourth-order valence-corrected chi connectivity index (χ4v) is 7.08. The number of nitrogens with one attached hydrogen (secondary N) is 6. The van der Waals surface area contributed by atoms with Crippen molar-refractivity contribution in [2.45, 2.75) is 119 Å². The third-order valence-electron chi connectivity index (χ3n) is 9.09. The Labute approximate surface area is 340 Å². The molecule has 0 fully saturated rings. The molecule has 1 aromatic heterocycles. The second kappa shape index (κ2) is 21.5. The lowest BCUT2D eigenvalue weighted by molar-refractivity contribution is -0.134. The predicted octanol–water partition coefficient (Wildman–Crippen LogP) is 4.96. The average molecular weight is 815 g/mol. The van der Waals surface area contributed by atoms with Gasteiger partial charge in [-0.2, -0.15) is 0 Å². The normalized spacial score (nSPS) is 13.5. The SMILES string of the molecule is CCC(C(=O)Nc1sc(C(=O)NCCNC(=O)[C@@H](NC(=O)[C@@H](NC(=O)[C@@H](NC(=O)OC(C)(C)C)C(C)C)C(C)C)C(C)C)c(C)c1C(=O)OC)c1ccccc1C. The molecule has 0 aliphatic rings. The highest BCUT2D eigenvalue weighted by Gasteiger charge is 2.34. The van der Waals surface area contributed by atoms with Gasteiger partial charge in [-0.15, -0.1) is 11.3 Å². The molecule has 6 N–H and O–H groups in total. The van der Waals surface area contributed by atoms with E-state index < -0.39 is 65.3 Å². The van der Waals surface area contributed by atoms with Crippen LogP contribution in [-0.2, 0) is 28.7 Å². The summed E-state index contributed by atoms with van der Waals surface area (Å²) in [6.07, 6.45) is -0.253. The fraction of sp³-hybridized carbons (Fsp3) is 0.585. The van der Waals surface area contributed by atoms with Gasteiger partial charge in [0.05, 0.1) is 23.5 Å². The van der Waals surface area contributed by atoms with Crippen LogP contribution >= 0.6 is 11.3 Å². The predicted molar refractivity (Wildman–Crippen MR) is 220 cm³/mol. The monoisotopic (exact) mass is 814 g/mol. The molecule has 0 spiro atoms. The summed E-state index contributed by atoms with van der Waals surface area (Å²) in [5.74, 6) is -4.73. The number of ether oxygens (including phenoxy) is 2. The number of alkyl carbamates (subject to hydrolysis) is 1. The van der Waals surface area contributed by atoms with Gasteiger partial charge < -0.3 is 41.4 Å². The zero-order valence-corrected chi connectivity index (χ0v) is 36.4. The van der Waals surface area contributed by atoms with Gasteiger partial charge in [-0.25, -0.2) is 9.59 Å². The zero-order chi connectivity index (χ0) is 43.4. The Hall–Kier alpha value is -4.99. The molecular weight excluding hydrogens is 753 g/mol. The van der Waals surface area contributed by atoms with E-state index in [0.29, 0.717) is 12.0 Å². The largest absolute Gasteiger partial charge is 0.465 e. The van der Waals surface area contributed by atoms with Crippen LogP contribution in [0, 0.1) is 31.6 Å². The molecule has 316 valence electrons. The molecule has 4 atom stereocenters. The van der Waals surface area contributed by atoms with Crippen LogP contribution in [0.2, 0.25) is 0 Å². The maximum atomic E-state index is 13.5. The highest BCUT2D eigenvalue weighted by Crippen LogP contribution is 2.35. The number of aryl methyl sites for hydroxylation is 1. The minimum atomic E-state index is -1.03. The van der Waals surface area contributed by atoms with Gasteiger partial charge in [-0.05, 0) is 75.5 Å². The summed E-state index contributed by atoms with van der Waals surface area (Å²) < 4.78 is 10.3. The zero-order valence-electron chi connectivity index (χ0n) is 35.6. The Morgan fingerprint density at radius 2 is 1.23 bits per heavy atom. The van der Waals surface area contributed by atoms with Crippen molar-refractivity contribution in [1.29, 1.82) is 0 Å². The smallest absolute Gasteiger partial charge is 0.408 e. The van der Waals surface area contributed by atoms with Crippen molar-refractivity contribution in [2.24, 2.45) is 17.8 Å². The number of thiophene rings is 1. The van der Waals surface area contributed by atoms with Crippen LogP contribution in [0.5, 0.6) is 0 Å². The van der Waals surface area contributed by atoms with Crippen LogP contribution < -0.4 is 31.9 Å². The van der Waals surface area contributed by atoms with Crippen molar-refractivity contribution >= 4 is 57.9 Å². The van der Waals surface area contributed by atoms with E-state index in [1.807, 2.05) is 38.1 Å². The number of esters is 1. The van der Waals surface area contributed by atoms with Crippen molar-refractivity contribution in [2.75, 3.05) is 25.5 Å². The van der Waals surface area contributed by atoms with Gasteiger partial charge in [0.2, 0.25) is 23.6 Å². The van der Waals surface area contributed by atoms with Crippen molar-refractivity contribution in [3.8, 4) is 0 Å². The molecule has 16 heteroatoms. The topological polar surface area (TPSA) is 210 Å². The maximum Gasteiger partial charge on any atom is 0.408 e. The molecule has 0 bridgehead atoms. The number of benzene rings is 1. The first-order chi connectivity index (χ1) is 26.5. The number of methoxy groups -OCH3 is 1. The van der Waals surface area contributed by atoms with Crippen molar-refractivity contribution in [3.63, 3.8) is 0 Å². The molecular formula is C41H62N6O9S. The van der Waals surface area contributed by atoms with Crippen molar-refractivity contribution in [1.82, 2.24) is 26.6 Å². The molecule has 2 rings (SSSR count). The lowest BCUT2D eigenvalue weighted by Gasteiger charge is -2.29. The number of rotatable bonds is 18. The van der Waals surface area contributed by atoms with Gasteiger partial charge in [0.15, 0.2) is 0 Å². The second-order valence-corrected chi connectivity index (χ2v) is 17.0. The summed E-state index contributed by atoms with van der Waals surface area (Å²) in [4.78, 5) is 92.4. The van der Waals surface area contributed by atoms with Gasteiger partial charge in [0.25, 0.3) is 5.91 Å². The van der Waals surface area contributed by atoms with E-state index in [9.17, 15) is 33.6 Å². The van der Waals surface area contributed by atoms with E-state index in [2.05, 4.69) is 31.9 Å². The van der Waals surface area contributed by atoms with E-state index in [1.165, 1.54) is 7.11 Å². The number of amides is 6. The first-order valence-corrected chi connectivity index (χ1v) is 20.1.